The van der Waals surface area contributed by atoms with Gasteiger partial charge in [-0.1, -0.05) is 20.8 Å². The van der Waals surface area contributed by atoms with Crippen LogP contribution in [0.1, 0.15) is 43.7 Å². The van der Waals surface area contributed by atoms with Crippen molar-refractivity contribution in [3.8, 4) is 21.8 Å². The maximum absolute atomic E-state index is 13.3. The summed E-state index contributed by atoms with van der Waals surface area (Å²) in [7, 11) is 0. The van der Waals surface area contributed by atoms with E-state index < -0.39 is 34.9 Å². The van der Waals surface area contributed by atoms with Gasteiger partial charge in [-0.05, 0) is 24.5 Å². The molecule has 10 nitrogen and oxygen atoms in total. The standard InChI is InChI=1S/C26H25F3N6O4S/c1-5-30-24(39)34-20-7-13(22-33-19(11-40-22)26(27,28)29)15(8-32-20)17-6-14-18(9-31-17)35(12-25(2,3)4)10-16(21(14)36)23(37)38/h6-11H,5,12H2,1-4H3,(H,37,38)(H2,30,32,34,39). The van der Waals surface area contributed by atoms with Crippen LogP contribution in [0.5, 0.6) is 0 Å². The number of fused-ring (bicyclic) bond motifs is 1. The number of nitrogens with one attached hydrogen (secondary N) is 2. The molecular formula is C26H25F3N6O4S. The van der Waals surface area contributed by atoms with E-state index in [9.17, 15) is 32.7 Å². The van der Waals surface area contributed by atoms with Gasteiger partial charge in [-0.2, -0.15) is 13.2 Å². The summed E-state index contributed by atoms with van der Waals surface area (Å²) >= 11 is 0.740. The van der Waals surface area contributed by atoms with Crippen LogP contribution in [0, 0.1) is 5.41 Å². The number of amides is 2. The third-order valence-corrected chi connectivity index (χ3v) is 6.50. The van der Waals surface area contributed by atoms with Crippen molar-refractivity contribution in [2.75, 3.05) is 11.9 Å². The first-order chi connectivity index (χ1) is 18.7. The van der Waals surface area contributed by atoms with Crippen molar-refractivity contribution in [1.82, 2.24) is 24.8 Å². The molecule has 0 aromatic carbocycles. The average molecular weight is 575 g/mol. The number of anilines is 1. The number of carboxylic acid groups (broad SMARTS) is 1. The van der Waals surface area contributed by atoms with Crippen molar-refractivity contribution >= 4 is 40.1 Å². The van der Waals surface area contributed by atoms with Gasteiger partial charge in [0.15, 0.2) is 5.69 Å². The minimum atomic E-state index is -4.67. The van der Waals surface area contributed by atoms with Crippen molar-refractivity contribution < 1.29 is 27.9 Å². The number of pyridine rings is 3. The summed E-state index contributed by atoms with van der Waals surface area (Å²) in [5, 5.41) is 15.6. The molecule has 4 aromatic heterocycles. The predicted octanol–water partition coefficient (Wildman–Crippen LogP) is 5.49. The van der Waals surface area contributed by atoms with Gasteiger partial charge in [0, 0.05) is 42.0 Å². The van der Waals surface area contributed by atoms with Crippen molar-refractivity contribution in [2.24, 2.45) is 5.41 Å². The predicted molar refractivity (Wildman–Crippen MR) is 144 cm³/mol. The topological polar surface area (TPSA) is 139 Å². The Kier molecular flexibility index (Phi) is 7.65. The van der Waals surface area contributed by atoms with Gasteiger partial charge in [0.1, 0.15) is 16.4 Å². The summed E-state index contributed by atoms with van der Waals surface area (Å²) in [4.78, 5) is 49.4. The molecule has 2 amide bonds. The number of carboxylic acids is 1. The molecule has 0 radical (unpaired) electrons. The minimum Gasteiger partial charge on any atom is -0.477 e. The molecule has 0 bridgehead atoms. The van der Waals surface area contributed by atoms with Gasteiger partial charge in [-0.25, -0.2) is 19.6 Å². The molecule has 0 aliphatic heterocycles. The number of alkyl halides is 3. The van der Waals surface area contributed by atoms with Gasteiger partial charge in [-0.15, -0.1) is 11.3 Å². The second-order valence-electron chi connectivity index (χ2n) is 10.1. The fraction of sp³-hybridized carbons (Fsp3) is 0.308. The number of rotatable bonds is 6. The van der Waals surface area contributed by atoms with Crippen molar-refractivity contribution in [3.05, 3.63) is 57.6 Å². The number of nitrogens with zero attached hydrogens (tertiary/aromatic N) is 4. The van der Waals surface area contributed by atoms with Crippen LogP contribution >= 0.6 is 11.3 Å². The Hall–Kier alpha value is -4.33. The fourth-order valence-corrected chi connectivity index (χ4v) is 4.84. The Bertz CT molecular complexity index is 1670. The van der Waals surface area contributed by atoms with Crippen LogP contribution in [0.3, 0.4) is 0 Å². The second-order valence-corrected chi connectivity index (χ2v) is 10.9. The number of hydrogen-bond donors (Lipinski definition) is 3. The first-order valence-electron chi connectivity index (χ1n) is 12.0. The molecule has 0 fully saturated rings. The van der Waals surface area contributed by atoms with Crippen LogP contribution in [0.25, 0.3) is 32.7 Å². The molecule has 40 heavy (non-hydrogen) atoms. The van der Waals surface area contributed by atoms with Crippen LogP contribution in [0.15, 0.2) is 40.9 Å². The Morgan fingerprint density at radius 1 is 1.10 bits per heavy atom. The summed E-state index contributed by atoms with van der Waals surface area (Å²) in [6.07, 6.45) is -0.676. The number of carbonyl (C=O) groups excluding carboxylic acids is 1. The van der Waals surface area contributed by atoms with E-state index in [0.717, 1.165) is 16.7 Å². The summed E-state index contributed by atoms with van der Waals surface area (Å²) in [6, 6.07) is 2.19. The third-order valence-electron chi connectivity index (χ3n) is 5.63. The van der Waals surface area contributed by atoms with Crippen LogP contribution in [0.4, 0.5) is 23.8 Å². The van der Waals surface area contributed by atoms with Crippen molar-refractivity contribution in [2.45, 2.75) is 40.4 Å². The lowest BCUT2D eigenvalue weighted by Crippen LogP contribution is -2.28. The number of aromatic carboxylic acids is 1. The fourth-order valence-electron chi connectivity index (χ4n) is 3.98. The quantitative estimate of drug-likeness (QED) is 0.277. The number of urea groups is 1. The van der Waals surface area contributed by atoms with E-state index in [4.69, 9.17) is 0 Å². The highest BCUT2D eigenvalue weighted by Crippen LogP contribution is 2.38. The van der Waals surface area contributed by atoms with E-state index in [-0.39, 0.29) is 38.4 Å². The lowest BCUT2D eigenvalue weighted by Gasteiger charge is -2.22. The summed E-state index contributed by atoms with van der Waals surface area (Å²) in [6.45, 7) is 8.30. The van der Waals surface area contributed by atoms with Gasteiger partial charge in [0.25, 0.3) is 0 Å². The molecule has 4 heterocycles. The third kappa shape index (κ3) is 6.11. The molecule has 0 aliphatic rings. The molecule has 0 aliphatic carbocycles. The van der Waals surface area contributed by atoms with E-state index in [1.54, 1.807) is 11.5 Å². The zero-order chi connectivity index (χ0) is 29.4. The van der Waals surface area contributed by atoms with Crippen LogP contribution < -0.4 is 16.1 Å². The summed E-state index contributed by atoms with van der Waals surface area (Å²) in [5.41, 5.74) is -1.54. The Balaban J connectivity index is 1.94. The normalized spacial score (nSPS) is 12.0. The smallest absolute Gasteiger partial charge is 0.434 e. The molecule has 0 saturated heterocycles. The summed E-state index contributed by atoms with van der Waals surface area (Å²) < 4.78 is 41.6. The Labute approximate surface area is 229 Å². The van der Waals surface area contributed by atoms with Gasteiger partial charge in [0.2, 0.25) is 5.43 Å². The van der Waals surface area contributed by atoms with Crippen LogP contribution in [0.2, 0.25) is 0 Å². The lowest BCUT2D eigenvalue weighted by molar-refractivity contribution is -0.140. The molecular weight excluding hydrogens is 549 g/mol. The SMILES string of the molecule is CCNC(=O)Nc1cc(-c2nc(C(F)(F)F)cs2)c(-c2cc3c(=O)c(C(=O)O)cn(CC(C)(C)C)c3cn2)cn1. The molecule has 4 rings (SSSR count). The minimum absolute atomic E-state index is 0.0185. The highest BCUT2D eigenvalue weighted by molar-refractivity contribution is 7.13. The molecule has 0 unspecified atom stereocenters. The molecule has 14 heteroatoms. The summed E-state index contributed by atoms with van der Waals surface area (Å²) in [5.74, 6) is -1.34. The maximum Gasteiger partial charge on any atom is 0.434 e. The molecule has 0 saturated carbocycles. The highest BCUT2D eigenvalue weighted by Gasteiger charge is 2.34. The molecule has 3 N–H and O–H groups in total. The van der Waals surface area contributed by atoms with Gasteiger partial charge in [0.05, 0.1) is 22.8 Å². The maximum atomic E-state index is 13.3. The first kappa shape index (κ1) is 28.7. The number of hydrogen-bond acceptors (Lipinski definition) is 7. The number of carbonyl (C=O) groups is 2. The Morgan fingerprint density at radius 3 is 2.42 bits per heavy atom. The highest BCUT2D eigenvalue weighted by atomic mass is 32.1. The molecule has 0 spiro atoms. The number of halogens is 3. The molecule has 4 aromatic rings. The zero-order valence-corrected chi connectivity index (χ0v) is 22.7. The van der Waals surface area contributed by atoms with E-state index in [0.29, 0.717) is 18.6 Å². The number of aromatic nitrogens is 4. The van der Waals surface area contributed by atoms with Crippen LogP contribution in [-0.4, -0.2) is 43.2 Å². The van der Waals surface area contributed by atoms with Gasteiger partial charge < -0.3 is 15.0 Å². The van der Waals surface area contributed by atoms with Crippen LogP contribution in [-0.2, 0) is 12.7 Å². The van der Waals surface area contributed by atoms with E-state index in [1.165, 1.54) is 30.7 Å². The Morgan fingerprint density at radius 2 is 1.82 bits per heavy atom. The molecule has 210 valence electrons. The largest absolute Gasteiger partial charge is 0.477 e. The van der Waals surface area contributed by atoms with Crippen molar-refractivity contribution in [1.29, 1.82) is 0 Å². The second kappa shape index (κ2) is 10.7. The zero-order valence-electron chi connectivity index (χ0n) is 21.9. The monoisotopic (exact) mass is 574 g/mol. The number of thiazole rings is 1. The molecule has 0 atom stereocenters. The van der Waals surface area contributed by atoms with E-state index >= 15 is 0 Å². The average Bonchev–Trinajstić information content (AvgIpc) is 3.36. The van der Waals surface area contributed by atoms with E-state index in [1.807, 2.05) is 20.8 Å². The first-order valence-corrected chi connectivity index (χ1v) is 12.9. The van der Waals surface area contributed by atoms with Crippen molar-refractivity contribution in [3.63, 3.8) is 0 Å². The van der Waals surface area contributed by atoms with Gasteiger partial charge in [-0.3, -0.25) is 15.1 Å². The lowest BCUT2D eigenvalue weighted by atomic mass is 9.96. The van der Waals surface area contributed by atoms with Gasteiger partial charge >= 0.3 is 18.2 Å². The van der Waals surface area contributed by atoms with E-state index in [2.05, 4.69) is 25.6 Å².